The van der Waals surface area contributed by atoms with Gasteiger partial charge >= 0.3 is 6.09 Å². The summed E-state index contributed by atoms with van der Waals surface area (Å²) >= 11 is 0. The molecule has 15 heteroatoms. The molecule has 5 atom stereocenters. The van der Waals surface area contributed by atoms with Gasteiger partial charge in [-0.2, -0.15) is 0 Å². The van der Waals surface area contributed by atoms with Gasteiger partial charge in [0.2, 0.25) is 17.7 Å². The zero-order chi connectivity index (χ0) is 35.5. The van der Waals surface area contributed by atoms with Crippen LogP contribution in [0.15, 0.2) is 18.2 Å². The fraction of sp³-hybridized carbons (Fsp3) is 0.706. The van der Waals surface area contributed by atoms with Crippen molar-refractivity contribution in [2.75, 3.05) is 51.8 Å². The number of alkyl halides is 2. The Balaban J connectivity index is 1.33. The number of piperazine rings is 1. The molecule has 12 nitrogen and oxygen atoms in total. The SMILES string of the molecule is CCOC(=O)N[C@@H](CF)C(=O)N[C@@H](C(=O)N1CCN(C)CC1)[C@@H](C)c1ccc(NC(=O)[C@@H](NC(O)C2(F)CC2)C(C2CC2)C2CC2)c(F)c1. The first-order valence-electron chi connectivity index (χ1n) is 17.4. The molecule has 0 spiro atoms. The molecule has 4 aliphatic rings. The van der Waals surface area contributed by atoms with Crippen LogP contribution in [0.1, 0.15) is 63.9 Å². The summed E-state index contributed by atoms with van der Waals surface area (Å²) in [6.07, 6.45) is 1.69. The van der Waals surface area contributed by atoms with Gasteiger partial charge in [-0.3, -0.25) is 19.7 Å². The smallest absolute Gasteiger partial charge is 0.407 e. The number of hydrogen-bond donors (Lipinski definition) is 5. The van der Waals surface area contributed by atoms with Crippen molar-refractivity contribution in [1.82, 2.24) is 25.8 Å². The van der Waals surface area contributed by atoms with Crippen molar-refractivity contribution in [2.24, 2.45) is 17.8 Å². The van der Waals surface area contributed by atoms with Crippen molar-refractivity contribution in [2.45, 2.75) is 88.3 Å². The molecule has 1 heterocycles. The van der Waals surface area contributed by atoms with Gasteiger partial charge in [0.05, 0.1) is 18.3 Å². The molecule has 4 amide bonds. The summed E-state index contributed by atoms with van der Waals surface area (Å²) in [6, 6.07) is 0.286. The van der Waals surface area contributed by atoms with Gasteiger partial charge < -0.3 is 35.6 Å². The third-order valence-corrected chi connectivity index (χ3v) is 10.2. The molecular formula is C34H49F3N6O6. The van der Waals surface area contributed by atoms with E-state index in [0.717, 1.165) is 31.7 Å². The van der Waals surface area contributed by atoms with Gasteiger partial charge in [0.15, 0.2) is 0 Å². The lowest BCUT2D eigenvalue weighted by Gasteiger charge is -2.36. The highest BCUT2D eigenvalue weighted by Gasteiger charge is 2.54. The largest absolute Gasteiger partial charge is 0.450 e. The van der Waals surface area contributed by atoms with Gasteiger partial charge in [-0.25, -0.2) is 18.0 Å². The number of amides is 4. The molecule has 3 saturated carbocycles. The molecule has 272 valence electrons. The molecule has 0 radical (unpaired) electrons. The highest BCUT2D eigenvalue weighted by Crippen LogP contribution is 2.51. The third kappa shape index (κ3) is 9.23. The van der Waals surface area contributed by atoms with Crippen molar-refractivity contribution in [3.05, 3.63) is 29.6 Å². The molecule has 5 rings (SSSR count). The van der Waals surface area contributed by atoms with Crippen LogP contribution in [0.3, 0.4) is 0 Å². The number of nitrogens with zero attached hydrogens (tertiary/aromatic N) is 2. The van der Waals surface area contributed by atoms with Gasteiger partial charge in [0.1, 0.15) is 36.5 Å². The summed E-state index contributed by atoms with van der Waals surface area (Å²) in [5.74, 6) is -3.10. The summed E-state index contributed by atoms with van der Waals surface area (Å²) in [7, 11) is 1.92. The molecule has 0 bridgehead atoms. The predicted molar refractivity (Wildman–Crippen MR) is 174 cm³/mol. The molecule has 1 aromatic rings. The van der Waals surface area contributed by atoms with Crippen LogP contribution in [0, 0.1) is 23.6 Å². The van der Waals surface area contributed by atoms with Crippen LogP contribution >= 0.6 is 0 Å². The summed E-state index contributed by atoms with van der Waals surface area (Å²) in [6.45, 7) is 3.91. The van der Waals surface area contributed by atoms with Crippen LogP contribution < -0.4 is 21.3 Å². The van der Waals surface area contributed by atoms with Gasteiger partial charge in [-0.05, 0) is 87.9 Å². The van der Waals surface area contributed by atoms with Crippen molar-refractivity contribution in [3.63, 3.8) is 0 Å². The fourth-order valence-electron chi connectivity index (χ4n) is 6.65. The lowest BCUT2D eigenvalue weighted by atomic mass is 9.88. The maximum absolute atomic E-state index is 15.7. The summed E-state index contributed by atoms with van der Waals surface area (Å²) in [5.41, 5.74) is -1.58. The number of halogens is 3. The minimum atomic E-state index is -1.77. The van der Waals surface area contributed by atoms with Gasteiger partial charge in [0, 0.05) is 32.1 Å². The molecule has 5 N–H and O–H groups in total. The number of carbonyl (C=O) groups excluding carboxylic acids is 4. The molecule has 1 unspecified atom stereocenters. The Labute approximate surface area is 284 Å². The summed E-state index contributed by atoms with van der Waals surface area (Å²) in [4.78, 5) is 56.1. The number of anilines is 1. The molecule has 3 aliphatic carbocycles. The number of benzene rings is 1. The van der Waals surface area contributed by atoms with E-state index < -0.39 is 72.2 Å². The standard InChI is InChI=1S/C34H49F3N6O6/c1-4-49-33(48)39-25(18-35)29(44)40-27(31(46)43-15-13-42(3)14-16-43)19(2)22-9-10-24(23(36)17-22)38-30(45)28(41-32(47)34(37)11-12-34)26(20-5-6-20)21-7-8-21/h9-10,17,19-21,25-28,32,41,47H,4-8,11-16,18H2,1-3H3,(H,38,45)(H,39,48)(H,40,44)/t19-,25-,27+,28-,32?/m0/s1. The van der Waals surface area contributed by atoms with E-state index in [9.17, 15) is 33.1 Å². The highest BCUT2D eigenvalue weighted by molar-refractivity contribution is 5.95. The highest BCUT2D eigenvalue weighted by atomic mass is 19.1. The lowest BCUT2D eigenvalue weighted by Crippen LogP contribution is -2.58. The van der Waals surface area contributed by atoms with Crippen LogP contribution in [0.2, 0.25) is 0 Å². The van der Waals surface area contributed by atoms with Crippen molar-refractivity contribution >= 4 is 29.5 Å². The second kappa shape index (κ2) is 15.6. The van der Waals surface area contributed by atoms with E-state index in [1.165, 1.54) is 12.1 Å². The van der Waals surface area contributed by atoms with Crippen LogP contribution in [-0.4, -0.2) is 115 Å². The first-order chi connectivity index (χ1) is 23.3. The Hall–Kier alpha value is -3.43. The first kappa shape index (κ1) is 36.8. The fourth-order valence-corrected chi connectivity index (χ4v) is 6.65. The van der Waals surface area contributed by atoms with E-state index in [2.05, 4.69) is 21.3 Å². The van der Waals surface area contributed by atoms with E-state index in [1.807, 2.05) is 11.9 Å². The van der Waals surface area contributed by atoms with Crippen molar-refractivity contribution in [3.8, 4) is 0 Å². The summed E-state index contributed by atoms with van der Waals surface area (Å²) in [5, 5.41) is 20.8. The third-order valence-electron chi connectivity index (χ3n) is 10.2. The molecular weight excluding hydrogens is 645 g/mol. The van der Waals surface area contributed by atoms with Crippen molar-refractivity contribution in [1.29, 1.82) is 0 Å². The molecule has 1 aliphatic heterocycles. The Morgan fingerprint density at radius 1 is 1.00 bits per heavy atom. The maximum Gasteiger partial charge on any atom is 0.407 e. The van der Waals surface area contributed by atoms with E-state index in [4.69, 9.17) is 4.74 Å². The normalized spacial score (nSPS) is 22.0. The average Bonchev–Trinajstić information content (AvgIpc) is 3.93. The number of aliphatic hydroxyl groups excluding tert-OH is 1. The molecule has 0 aromatic heterocycles. The van der Waals surface area contributed by atoms with Crippen LogP contribution in [0.25, 0.3) is 0 Å². The summed E-state index contributed by atoms with van der Waals surface area (Å²) < 4.78 is 49.1. The molecule has 1 saturated heterocycles. The van der Waals surface area contributed by atoms with E-state index in [0.29, 0.717) is 31.7 Å². The number of aliphatic hydroxyl groups is 1. The monoisotopic (exact) mass is 694 g/mol. The van der Waals surface area contributed by atoms with Gasteiger partial charge in [-0.15, -0.1) is 0 Å². The number of ether oxygens (including phenoxy) is 1. The zero-order valence-electron chi connectivity index (χ0n) is 28.4. The number of nitrogens with one attached hydrogen (secondary N) is 4. The minimum Gasteiger partial charge on any atom is -0.450 e. The van der Waals surface area contributed by atoms with E-state index in [-0.39, 0.29) is 42.9 Å². The maximum atomic E-state index is 15.7. The van der Waals surface area contributed by atoms with Gasteiger partial charge in [0.25, 0.3) is 0 Å². The quantitative estimate of drug-likeness (QED) is 0.166. The number of carbonyl (C=O) groups is 4. The Bertz CT molecular complexity index is 1360. The number of alkyl carbamates (subject to hydrolysis) is 1. The Kier molecular flexibility index (Phi) is 11.8. The molecule has 49 heavy (non-hydrogen) atoms. The number of likely N-dealkylation sites (N-methyl/N-ethyl adjacent to an activating group) is 1. The predicted octanol–water partition coefficient (Wildman–Crippen LogP) is 2.43. The average molecular weight is 695 g/mol. The van der Waals surface area contributed by atoms with Crippen LogP contribution in [-0.2, 0) is 19.1 Å². The van der Waals surface area contributed by atoms with Crippen LogP contribution in [0.4, 0.5) is 23.7 Å². The van der Waals surface area contributed by atoms with E-state index >= 15 is 4.39 Å². The lowest BCUT2D eigenvalue weighted by molar-refractivity contribution is -0.138. The van der Waals surface area contributed by atoms with E-state index in [1.54, 1.807) is 18.7 Å². The van der Waals surface area contributed by atoms with Crippen molar-refractivity contribution < 1.29 is 42.2 Å². The second-order valence-corrected chi connectivity index (χ2v) is 14.0. The van der Waals surface area contributed by atoms with Gasteiger partial charge in [-0.1, -0.05) is 13.0 Å². The first-order valence-corrected chi connectivity index (χ1v) is 17.4. The number of hydrogen-bond acceptors (Lipinski definition) is 8. The Morgan fingerprint density at radius 2 is 1.63 bits per heavy atom. The Morgan fingerprint density at radius 3 is 2.16 bits per heavy atom. The minimum absolute atomic E-state index is 0.00901. The zero-order valence-corrected chi connectivity index (χ0v) is 28.4. The topological polar surface area (TPSA) is 152 Å². The number of rotatable bonds is 16. The second-order valence-electron chi connectivity index (χ2n) is 14.0. The molecule has 1 aromatic carbocycles. The molecule has 4 fully saturated rings. The van der Waals surface area contributed by atoms with Crippen LogP contribution in [0.5, 0.6) is 0 Å².